The number of carbonyl (C=O) groups excluding carboxylic acids is 1. The summed E-state index contributed by atoms with van der Waals surface area (Å²) in [4.78, 5) is 18.5. The molecule has 1 aliphatic rings. The number of ether oxygens (including phenoxy) is 2. The zero-order valence-electron chi connectivity index (χ0n) is 14.0. The van der Waals surface area contributed by atoms with E-state index >= 15 is 0 Å². The van der Waals surface area contributed by atoms with Gasteiger partial charge in [-0.1, -0.05) is 0 Å². The highest BCUT2D eigenvalue weighted by molar-refractivity contribution is 5.94. The molecule has 1 aromatic rings. The summed E-state index contributed by atoms with van der Waals surface area (Å²) in [5, 5.41) is 6.10. The maximum absolute atomic E-state index is 11.9. The highest BCUT2D eigenvalue weighted by atomic mass is 16.5. The van der Waals surface area contributed by atoms with E-state index < -0.39 is 0 Å². The van der Waals surface area contributed by atoms with E-state index in [1.165, 1.54) is 0 Å². The number of nitrogens with one attached hydrogen (secondary N) is 2. The Hall–Kier alpha value is -1.70. The quantitative estimate of drug-likeness (QED) is 0.716. The molecule has 1 saturated heterocycles. The van der Waals surface area contributed by atoms with Crippen LogP contribution in [0.4, 0.5) is 5.82 Å². The molecule has 0 spiro atoms. The van der Waals surface area contributed by atoms with Gasteiger partial charge >= 0.3 is 0 Å². The summed E-state index contributed by atoms with van der Waals surface area (Å²) >= 11 is 0. The lowest BCUT2D eigenvalue weighted by atomic mass is 10.1. The van der Waals surface area contributed by atoms with Crippen LogP contribution in [-0.2, 0) is 9.47 Å². The summed E-state index contributed by atoms with van der Waals surface area (Å²) in [6, 6.07) is 3.72. The van der Waals surface area contributed by atoms with E-state index in [0.29, 0.717) is 18.7 Å². The van der Waals surface area contributed by atoms with Crippen LogP contribution in [0.1, 0.15) is 17.3 Å². The summed E-state index contributed by atoms with van der Waals surface area (Å²) in [5.41, 5.74) is 0.535. The monoisotopic (exact) mass is 322 g/mol. The molecule has 7 nitrogen and oxygen atoms in total. The topological polar surface area (TPSA) is 75.7 Å². The van der Waals surface area contributed by atoms with Crippen molar-refractivity contribution in [2.45, 2.75) is 19.1 Å². The first-order chi connectivity index (χ1) is 11.1. The molecule has 0 aliphatic carbocycles. The SMILES string of the molecule is COCCNC(=O)c1ccc(NC(C)C2CN(C)CCO2)nc1. The minimum atomic E-state index is -0.147. The van der Waals surface area contributed by atoms with E-state index in [4.69, 9.17) is 9.47 Å². The van der Waals surface area contributed by atoms with Crippen molar-refractivity contribution < 1.29 is 14.3 Å². The molecule has 2 N–H and O–H groups in total. The minimum Gasteiger partial charge on any atom is -0.383 e. The molecule has 1 aromatic heterocycles. The van der Waals surface area contributed by atoms with Crippen molar-refractivity contribution in [1.29, 1.82) is 0 Å². The third-order valence-electron chi connectivity index (χ3n) is 3.85. The Morgan fingerprint density at radius 1 is 1.57 bits per heavy atom. The van der Waals surface area contributed by atoms with E-state index in [1.807, 2.05) is 6.07 Å². The first-order valence-electron chi connectivity index (χ1n) is 7.90. The third-order valence-corrected chi connectivity index (χ3v) is 3.85. The van der Waals surface area contributed by atoms with Crippen molar-refractivity contribution >= 4 is 11.7 Å². The Morgan fingerprint density at radius 3 is 3.04 bits per heavy atom. The van der Waals surface area contributed by atoms with E-state index in [1.54, 1.807) is 19.4 Å². The second-order valence-electron chi connectivity index (χ2n) is 5.79. The van der Waals surface area contributed by atoms with Crippen molar-refractivity contribution in [1.82, 2.24) is 15.2 Å². The van der Waals surface area contributed by atoms with Gasteiger partial charge in [0.1, 0.15) is 5.82 Å². The van der Waals surface area contributed by atoms with Gasteiger partial charge in [0.15, 0.2) is 0 Å². The van der Waals surface area contributed by atoms with Crippen molar-refractivity contribution in [3.63, 3.8) is 0 Å². The Kier molecular flexibility index (Phi) is 6.76. The molecule has 2 atom stereocenters. The maximum Gasteiger partial charge on any atom is 0.252 e. The van der Waals surface area contributed by atoms with Crippen LogP contribution in [0.25, 0.3) is 0 Å². The molecular weight excluding hydrogens is 296 g/mol. The van der Waals surface area contributed by atoms with Crippen LogP contribution >= 0.6 is 0 Å². The number of anilines is 1. The fourth-order valence-electron chi connectivity index (χ4n) is 2.42. The Morgan fingerprint density at radius 2 is 2.39 bits per heavy atom. The number of likely N-dealkylation sites (N-methyl/N-ethyl adjacent to an activating group) is 1. The highest BCUT2D eigenvalue weighted by Crippen LogP contribution is 2.13. The minimum absolute atomic E-state index is 0.132. The molecule has 0 radical (unpaired) electrons. The first kappa shape index (κ1) is 17.7. The largest absolute Gasteiger partial charge is 0.383 e. The predicted octanol–water partition coefficient (Wildman–Crippen LogP) is 0.589. The lowest BCUT2D eigenvalue weighted by Gasteiger charge is -2.34. The Balaban J connectivity index is 1.85. The lowest BCUT2D eigenvalue weighted by molar-refractivity contribution is -0.0259. The fraction of sp³-hybridized carbons (Fsp3) is 0.625. The zero-order valence-corrected chi connectivity index (χ0v) is 14.0. The number of carbonyl (C=O) groups is 1. The van der Waals surface area contributed by atoms with Gasteiger partial charge in [0.2, 0.25) is 0 Å². The number of nitrogens with zero attached hydrogens (tertiary/aromatic N) is 2. The summed E-state index contributed by atoms with van der Waals surface area (Å²) in [7, 11) is 3.70. The first-order valence-corrected chi connectivity index (χ1v) is 7.90. The van der Waals surface area contributed by atoms with Crippen LogP contribution in [0.2, 0.25) is 0 Å². The molecule has 1 fully saturated rings. The maximum atomic E-state index is 11.9. The second-order valence-corrected chi connectivity index (χ2v) is 5.79. The van der Waals surface area contributed by atoms with E-state index in [2.05, 4.69) is 34.5 Å². The van der Waals surface area contributed by atoms with Gasteiger partial charge in [0.25, 0.3) is 5.91 Å². The number of morpholine rings is 1. The van der Waals surface area contributed by atoms with Gasteiger partial charge in [0.05, 0.1) is 30.9 Å². The van der Waals surface area contributed by atoms with Gasteiger partial charge in [0, 0.05) is 32.9 Å². The van der Waals surface area contributed by atoms with Crippen LogP contribution in [0.15, 0.2) is 18.3 Å². The van der Waals surface area contributed by atoms with Gasteiger partial charge < -0.3 is 25.0 Å². The number of methoxy groups -OCH3 is 1. The summed E-state index contributed by atoms with van der Waals surface area (Å²) in [6.45, 7) is 5.67. The van der Waals surface area contributed by atoms with Gasteiger partial charge in [-0.2, -0.15) is 0 Å². The average molecular weight is 322 g/mol. The molecule has 0 bridgehead atoms. The number of aromatic nitrogens is 1. The predicted molar refractivity (Wildman–Crippen MR) is 88.8 cm³/mol. The fourth-order valence-corrected chi connectivity index (χ4v) is 2.42. The van der Waals surface area contributed by atoms with Crippen LogP contribution in [0, 0.1) is 0 Å². The lowest BCUT2D eigenvalue weighted by Crippen LogP contribution is -2.47. The number of hydrogen-bond acceptors (Lipinski definition) is 6. The van der Waals surface area contributed by atoms with E-state index in [0.717, 1.165) is 25.5 Å². The molecule has 2 heterocycles. The molecule has 2 unspecified atom stereocenters. The van der Waals surface area contributed by atoms with Crippen molar-refractivity contribution in [2.75, 3.05) is 52.3 Å². The number of pyridine rings is 1. The van der Waals surface area contributed by atoms with Crippen molar-refractivity contribution in [3.05, 3.63) is 23.9 Å². The van der Waals surface area contributed by atoms with Crippen LogP contribution in [0.3, 0.4) is 0 Å². The molecule has 2 rings (SSSR count). The number of hydrogen-bond donors (Lipinski definition) is 2. The molecule has 0 saturated carbocycles. The van der Waals surface area contributed by atoms with Crippen LogP contribution < -0.4 is 10.6 Å². The van der Waals surface area contributed by atoms with Gasteiger partial charge in [-0.05, 0) is 26.1 Å². The van der Waals surface area contributed by atoms with Crippen LogP contribution in [-0.4, -0.2) is 74.9 Å². The van der Waals surface area contributed by atoms with Crippen LogP contribution in [0.5, 0.6) is 0 Å². The molecule has 128 valence electrons. The van der Waals surface area contributed by atoms with Gasteiger partial charge in [-0.15, -0.1) is 0 Å². The zero-order chi connectivity index (χ0) is 16.7. The normalized spacial score (nSPS) is 20.0. The van der Waals surface area contributed by atoms with Crippen molar-refractivity contribution in [2.24, 2.45) is 0 Å². The number of rotatable bonds is 7. The summed E-state index contributed by atoms with van der Waals surface area (Å²) in [6.07, 6.45) is 1.71. The molecule has 0 aromatic carbocycles. The van der Waals surface area contributed by atoms with E-state index in [-0.39, 0.29) is 18.1 Å². The van der Waals surface area contributed by atoms with Crippen molar-refractivity contribution in [3.8, 4) is 0 Å². The summed E-state index contributed by atoms with van der Waals surface area (Å²) in [5.74, 6) is 0.592. The highest BCUT2D eigenvalue weighted by Gasteiger charge is 2.23. The standard InChI is InChI=1S/C16H26N4O3/c1-12(14-11-20(2)7-9-23-14)19-15-5-4-13(10-18-15)16(21)17-6-8-22-3/h4-5,10,12,14H,6-9,11H2,1-3H3,(H,17,21)(H,18,19). The molecular formula is C16H26N4O3. The van der Waals surface area contributed by atoms with E-state index in [9.17, 15) is 4.79 Å². The van der Waals surface area contributed by atoms with Gasteiger partial charge in [-0.25, -0.2) is 4.98 Å². The molecule has 1 aliphatic heterocycles. The Bertz CT molecular complexity index is 495. The van der Waals surface area contributed by atoms with Gasteiger partial charge in [-0.3, -0.25) is 4.79 Å². The average Bonchev–Trinajstić information content (AvgIpc) is 2.55. The third kappa shape index (κ3) is 5.46. The Labute approximate surface area is 137 Å². The number of amides is 1. The summed E-state index contributed by atoms with van der Waals surface area (Å²) < 4.78 is 10.7. The second kappa shape index (κ2) is 8.81. The molecule has 7 heteroatoms. The molecule has 1 amide bonds. The molecule has 23 heavy (non-hydrogen) atoms. The smallest absolute Gasteiger partial charge is 0.252 e.